The first-order valence-corrected chi connectivity index (χ1v) is 7.25. The number of aliphatic carboxylic acids is 1. The summed E-state index contributed by atoms with van der Waals surface area (Å²) < 4.78 is 0. The lowest BCUT2D eigenvalue weighted by molar-refractivity contribution is -0.156. The van der Waals surface area contributed by atoms with E-state index >= 15 is 0 Å². The largest absolute Gasteiger partial charge is 0.481 e. The number of carbonyl (C=O) groups is 2. The lowest BCUT2D eigenvalue weighted by Gasteiger charge is -2.36. The molecule has 3 rings (SSSR count). The number of fused-ring (bicyclic) bond motifs is 1. The third-order valence-electron chi connectivity index (χ3n) is 4.57. The van der Waals surface area contributed by atoms with E-state index in [1.165, 1.54) is 11.1 Å². The minimum atomic E-state index is -0.829. The molecule has 4 nitrogen and oxygen atoms in total. The lowest BCUT2D eigenvalue weighted by atomic mass is 9.73. The Morgan fingerprint density at radius 1 is 1.10 bits per heavy atom. The van der Waals surface area contributed by atoms with Gasteiger partial charge in [-0.3, -0.25) is 9.59 Å². The number of rotatable bonds is 2. The molecule has 106 valence electrons. The zero-order valence-corrected chi connectivity index (χ0v) is 11.4. The minimum absolute atomic E-state index is 0.0281. The molecule has 1 fully saturated rings. The number of carboxylic acids is 1. The van der Waals surface area contributed by atoms with E-state index in [0.29, 0.717) is 19.4 Å². The number of amides is 1. The average Bonchev–Trinajstić information content (AvgIpc) is 2.58. The van der Waals surface area contributed by atoms with Crippen LogP contribution in [-0.4, -0.2) is 28.4 Å². The van der Waals surface area contributed by atoms with Crippen molar-refractivity contribution in [3.63, 3.8) is 0 Å². The van der Waals surface area contributed by atoms with Crippen LogP contribution < -0.4 is 0 Å². The van der Waals surface area contributed by atoms with Crippen molar-refractivity contribution < 1.29 is 14.7 Å². The highest BCUT2D eigenvalue weighted by molar-refractivity contribution is 5.86. The number of carboxylic acid groups (broad SMARTS) is 1. The van der Waals surface area contributed by atoms with Gasteiger partial charge in [0.1, 0.15) is 0 Å². The Hall–Kier alpha value is -1.84. The monoisotopic (exact) mass is 273 g/mol. The maximum atomic E-state index is 12.5. The first kappa shape index (κ1) is 13.2. The van der Waals surface area contributed by atoms with Crippen LogP contribution in [0.1, 0.15) is 30.4 Å². The number of hydrogen-bond donors (Lipinski definition) is 1. The molecule has 1 aromatic carbocycles. The topological polar surface area (TPSA) is 57.6 Å². The third kappa shape index (κ3) is 2.30. The van der Waals surface area contributed by atoms with Gasteiger partial charge in [-0.25, -0.2) is 0 Å². The van der Waals surface area contributed by atoms with E-state index in [2.05, 4.69) is 12.1 Å². The standard InChI is InChI=1S/C16H19NO3/c18-15(13-7-8-14(13)16(19)20)17-9-3-6-11-4-1-2-5-12(11)10-17/h1-2,4-5,13-14H,3,6-10H2,(H,19,20). The van der Waals surface area contributed by atoms with Crippen molar-refractivity contribution in [3.8, 4) is 0 Å². The van der Waals surface area contributed by atoms with Crippen molar-refractivity contribution in [2.45, 2.75) is 32.2 Å². The highest BCUT2D eigenvalue weighted by Gasteiger charge is 2.43. The van der Waals surface area contributed by atoms with Gasteiger partial charge in [0.25, 0.3) is 0 Å². The molecule has 20 heavy (non-hydrogen) atoms. The molecule has 0 saturated heterocycles. The number of carbonyl (C=O) groups excluding carboxylic acids is 1. The molecule has 1 aliphatic carbocycles. The van der Waals surface area contributed by atoms with Crippen molar-refractivity contribution in [3.05, 3.63) is 35.4 Å². The van der Waals surface area contributed by atoms with Gasteiger partial charge >= 0.3 is 5.97 Å². The van der Waals surface area contributed by atoms with Crippen LogP contribution in [0.2, 0.25) is 0 Å². The van der Waals surface area contributed by atoms with Crippen LogP contribution in [0.5, 0.6) is 0 Å². The van der Waals surface area contributed by atoms with E-state index < -0.39 is 11.9 Å². The quantitative estimate of drug-likeness (QED) is 0.897. The van der Waals surface area contributed by atoms with Gasteiger partial charge in [0.05, 0.1) is 11.8 Å². The van der Waals surface area contributed by atoms with E-state index in [0.717, 1.165) is 19.4 Å². The molecule has 1 amide bonds. The van der Waals surface area contributed by atoms with Crippen LogP contribution >= 0.6 is 0 Å². The summed E-state index contributed by atoms with van der Waals surface area (Å²) >= 11 is 0. The summed E-state index contributed by atoms with van der Waals surface area (Å²) in [5, 5.41) is 9.09. The molecule has 1 aliphatic heterocycles. The molecule has 0 bridgehead atoms. The highest BCUT2D eigenvalue weighted by atomic mass is 16.4. The van der Waals surface area contributed by atoms with Gasteiger partial charge in [-0.15, -0.1) is 0 Å². The Morgan fingerprint density at radius 2 is 1.80 bits per heavy atom. The summed E-state index contributed by atoms with van der Waals surface area (Å²) in [6, 6.07) is 8.21. The zero-order chi connectivity index (χ0) is 14.1. The summed E-state index contributed by atoms with van der Waals surface area (Å²) in [5.74, 6) is -1.58. The van der Waals surface area contributed by atoms with Crippen LogP contribution in [0.25, 0.3) is 0 Å². The molecular formula is C16H19NO3. The number of nitrogens with zero attached hydrogens (tertiary/aromatic N) is 1. The van der Waals surface area contributed by atoms with Crippen molar-refractivity contribution in [1.29, 1.82) is 0 Å². The number of aryl methyl sites for hydroxylation is 1. The Balaban J connectivity index is 1.75. The maximum Gasteiger partial charge on any atom is 0.307 e. The van der Waals surface area contributed by atoms with Crippen LogP contribution in [-0.2, 0) is 22.6 Å². The number of hydrogen-bond acceptors (Lipinski definition) is 2. The smallest absolute Gasteiger partial charge is 0.307 e. The molecule has 2 unspecified atom stereocenters. The first-order chi connectivity index (χ1) is 9.66. The van der Waals surface area contributed by atoms with Crippen LogP contribution in [0, 0.1) is 11.8 Å². The predicted molar refractivity (Wildman–Crippen MR) is 74.0 cm³/mol. The third-order valence-corrected chi connectivity index (χ3v) is 4.57. The van der Waals surface area contributed by atoms with Gasteiger partial charge in [-0.05, 0) is 36.8 Å². The molecule has 1 aromatic rings. The first-order valence-electron chi connectivity index (χ1n) is 7.25. The van der Waals surface area contributed by atoms with E-state index in [-0.39, 0.29) is 11.8 Å². The second-order valence-corrected chi connectivity index (χ2v) is 5.76. The summed E-state index contributed by atoms with van der Waals surface area (Å²) in [7, 11) is 0. The molecule has 0 radical (unpaired) electrons. The fourth-order valence-electron chi connectivity index (χ4n) is 3.21. The summed E-state index contributed by atoms with van der Waals surface area (Å²) in [4.78, 5) is 25.4. The second kappa shape index (κ2) is 5.27. The Kier molecular flexibility index (Phi) is 3.47. The molecule has 0 spiro atoms. The summed E-state index contributed by atoms with van der Waals surface area (Å²) in [6.07, 6.45) is 3.30. The predicted octanol–water partition coefficient (Wildman–Crippen LogP) is 2.07. The zero-order valence-electron chi connectivity index (χ0n) is 11.4. The second-order valence-electron chi connectivity index (χ2n) is 5.76. The van der Waals surface area contributed by atoms with Crippen molar-refractivity contribution in [1.82, 2.24) is 4.90 Å². The molecule has 0 aromatic heterocycles. The Morgan fingerprint density at radius 3 is 2.45 bits per heavy atom. The Bertz CT molecular complexity index is 540. The Labute approximate surface area is 118 Å². The van der Waals surface area contributed by atoms with Crippen LogP contribution in [0.4, 0.5) is 0 Å². The van der Waals surface area contributed by atoms with E-state index in [1.807, 2.05) is 17.0 Å². The van der Waals surface area contributed by atoms with E-state index in [9.17, 15) is 9.59 Å². The number of benzene rings is 1. The van der Waals surface area contributed by atoms with Gasteiger partial charge < -0.3 is 10.0 Å². The molecular weight excluding hydrogens is 254 g/mol. The summed E-state index contributed by atoms with van der Waals surface area (Å²) in [5.41, 5.74) is 2.51. The molecule has 2 aliphatic rings. The normalized spacial score (nSPS) is 25.3. The molecule has 4 heteroatoms. The van der Waals surface area contributed by atoms with Crippen molar-refractivity contribution >= 4 is 11.9 Å². The molecule has 1 heterocycles. The maximum absolute atomic E-state index is 12.5. The van der Waals surface area contributed by atoms with E-state index in [4.69, 9.17) is 5.11 Å². The van der Waals surface area contributed by atoms with Crippen molar-refractivity contribution in [2.75, 3.05) is 6.54 Å². The van der Waals surface area contributed by atoms with Gasteiger partial charge in [-0.1, -0.05) is 24.3 Å². The molecule has 1 N–H and O–H groups in total. The van der Waals surface area contributed by atoms with Gasteiger partial charge in [0.2, 0.25) is 5.91 Å². The van der Waals surface area contributed by atoms with Gasteiger partial charge in [0, 0.05) is 13.1 Å². The molecule has 1 saturated carbocycles. The van der Waals surface area contributed by atoms with Gasteiger partial charge in [-0.2, -0.15) is 0 Å². The average molecular weight is 273 g/mol. The van der Waals surface area contributed by atoms with Crippen molar-refractivity contribution in [2.24, 2.45) is 11.8 Å². The van der Waals surface area contributed by atoms with Crippen LogP contribution in [0.3, 0.4) is 0 Å². The minimum Gasteiger partial charge on any atom is -0.481 e. The SMILES string of the molecule is O=C(O)C1CCC1C(=O)N1CCCc2ccccc2C1. The van der Waals surface area contributed by atoms with E-state index in [1.54, 1.807) is 0 Å². The summed E-state index contributed by atoms with van der Waals surface area (Å²) in [6.45, 7) is 1.36. The fourth-order valence-corrected chi connectivity index (χ4v) is 3.21. The van der Waals surface area contributed by atoms with Gasteiger partial charge in [0.15, 0.2) is 0 Å². The molecule has 2 atom stereocenters. The van der Waals surface area contributed by atoms with Crippen LogP contribution in [0.15, 0.2) is 24.3 Å². The lowest BCUT2D eigenvalue weighted by Crippen LogP contribution is -2.45. The highest BCUT2D eigenvalue weighted by Crippen LogP contribution is 2.36. The fraction of sp³-hybridized carbons (Fsp3) is 0.500.